The summed E-state index contributed by atoms with van der Waals surface area (Å²) < 4.78 is 6.69. The molecule has 7 nitrogen and oxygen atoms in total. The number of carbonyl (C=O) groups is 2. The van der Waals surface area contributed by atoms with Crippen molar-refractivity contribution in [2.75, 3.05) is 0 Å². The van der Waals surface area contributed by atoms with E-state index in [0.717, 1.165) is 0 Å². The molecule has 1 aliphatic rings. The summed E-state index contributed by atoms with van der Waals surface area (Å²) in [6.45, 7) is 0. The van der Waals surface area contributed by atoms with E-state index in [9.17, 15) is 19.8 Å². The van der Waals surface area contributed by atoms with E-state index in [-0.39, 0.29) is 22.5 Å². The van der Waals surface area contributed by atoms with Crippen LogP contribution in [0.5, 0.6) is 0 Å². The van der Waals surface area contributed by atoms with Crippen LogP contribution in [0.4, 0.5) is 0 Å². The van der Waals surface area contributed by atoms with E-state index >= 15 is 0 Å². The molecule has 1 atom stereocenters. The summed E-state index contributed by atoms with van der Waals surface area (Å²) in [6.07, 6.45) is 1.48. The van der Waals surface area contributed by atoms with E-state index < -0.39 is 18.0 Å². The minimum atomic E-state index is -1.19. The molecule has 110 valence electrons. The average molecular weight is 311 g/mol. The molecule has 2 aromatic rings. The van der Waals surface area contributed by atoms with Crippen molar-refractivity contribution in [3.05, 3.63) is 28.7 Å². The van der Waals surface area contributed by atoms with Crippen LogP contribution < -0.4 is 0 Å². The number of furan rings is 1. The van der Waals surface area contributed by atoms with Crippen LogP contribution >= 0.6 is 11.6 Å². The minimum Gasteiger partial charge on any atom is -0.480 e. The summed E-state index contributed by atoms with van der Waals surface area (Å²) in [4.78, 5) is 26.8. The number of fused-ring (bicyclic) bond motifs is 1. The maximum absolute atomic E-state index is 11.4. The molecule has 3 heterocycles. The second-order valence-corrected chi connectivity index (χ2v) is 5.13. The Morgan fingerprint density at radius 1 is 1.38 bits per heavy atom. The standard InChI is InChI=1S/C13H11ClN2O5/c14-9-5-4-8(21-9)11-15-10(13(19)20)6-2-1-3-7(12(17)18)16(6)11/h4-5,7H,1-3H2,(H,17,18)(H,19,20). The third-order valence-electron chi connectivity index (χ3n) is 3.49. The number of rotatable bonds is 3. The van der Waals surface area contributed by atoms with Crippen LogP contribution in [-0.2, 0) is 11.2 Å². The molecule has 2 aromatic heterocycles. The highest BCUT2D eigenvalue weighted by atomic mass is 35.5. The molecule has 0 fully saturated rings. The van der Waals surface area contributed by atoms with Crippen molar-refractivity contribution < 1.29 is 24.2 Å². The molecule has 21 heavy (non-hydrogen) atoms. The fraction of sp³-hybridized carbons (Fsp3) is 0.308. The van der Waals surface area contributed by atoms with Crippen LogP contribution in [0.15, 0.2) is 16.5 Å². The lowest BCUT2D eigenvalue weighted by Gasteiger charge is -2.23. The van der Waals surface area contributed by atoms with Gasteiger partial charge in [-0.2, -0.15) is 0 Å². The van der Waals surface area contributed by atoms with Crippen LogP contribution in [0.3, 0.4) is 0 Å². The van der Waals surface area contributed by atoms with E-state index in [2.05, 4.69) is 4.98 Å². The number of aliphatic carboxylic acids is 1. The number of carboxylic acids is 2. The smallest absolute Gasteiger partial charge is 0.356 e. The molecule has 1 aliphatic heterocycles. The predicted octanol–water partition coefficient (Wildman–Crippen LogP) is 2.46. The second-order valence-electron chi connectivity index (χ2n) is 4.76. The van der Waals surface area contributed by atoms with Crippen molar-refractivity contribution in [2.24, 2.45) is 0 Å². The van der Waals surface area contributed by atoms with Crippen LogP contribution in [0.25, 0.3) is 11.6 Å². The molecule has 0 amide bonds. The zero-order valence-electron chi connectivity index (χ0n) is 10.7. The van der Waals surface area contributed by atoms with E-state index in [1.54, 1.807) is 0 Å². The minimum absolute atomic E-state index is 0.127. The van der Waals surface area contributed by atoms with Crippen molar-refractivity contribution in [3.8, 4) is 11.6 Å². The van der Waals surface area contributed by atoms with Gasteiger partial charge in [0, 0.05) is 0 Å². The Labute approximate surface area is 123 Å². The Balaban J connectivity index is 2.24. The molecule has 0 radical (unpaired) electrons. The maximum atomic E-state index is 11.4. The zero-order valence-corrected chi connectivity index (χ0v) is 11.5. The molecular weight excluding hydrogens is 300 g/mol. The first-order chi connectivity index (χ1) is 9.99. The number of aromatic nitrogens is 2. The number of imidazole rings is 1. The Hall–Kier alpha value is -2.28. The van der Waals surface area contributed by atoms with Crippen molar-refractivity contribution in [3.63, 3.8) is 0 Å². The molecule has 8 heteroatoms. The van der Waals surface area contributed by atoms with Crippen LogP contribution in [0.1, 0.15) is 35.1 Å². The average Bonchev–Trinajstić information content (AvgIpc) is 3.01. The van der Waals surface area contributed by atoms with Crippen LogP contribution in [0, 0.1) is 0 Å². The first kappa shape index (κ1) is 13.7. The molecule has 0 aromatic carbocycles. The van der Waals surface area contributed by atoms with E-state index in [0.29, 0.717) is 25.0 Å². The second kappa shape index (κ2) is 4.92. The van der Waals surface area contributed by atoms with Crippen LogP contribution in [-0.4, -0.2) is 31.7 Å². The molecule has 3 rings (SSSR count). The predicted molar refractivity (Wildman–Crippen MR) is 71.5 cm³/mol. The molecule has 2 N–H and O–H groups in total. The Kier molecular flexibility index (Phi) is 3.21. The van der Waals surface area contributed by atoms with Gasteiger partial charge in [-0.1, -0.05) is 0 Å². The van der Waals surface area contributed by atoms with Gasteiger partial charge in [0.15, 0.2) is 22.5 Å². The third kappa shape index (κ3) is 2.19. The molecular formula is C13H11ClN2O5. The summed E-state index contributed by atoms with van der Waals surface area (Å²) in [5.74, 6) is -1.78. The highest BCUT2D eigenvalue weighted by molar-refractivity contribution is 6.28. The Morgan fingerprint density at radius 3 is 2.71 bits per heavy atom. The lowest BCUT2D eigenvalue weighted by Crippen LogP contribution is -2.26. The molecule has 1 unspecified atom stereocenters. The lowest BCUT2D eigenvalue weighted by atomic mass is 10.0. The summed E-state index contributed by atoms with van der Waals surface area (Å²) in [7, 11) is 0. The van der Waals surface area contributed by atoms with Crippen LogP contribution in [0.2, 0.25) is 5.22 Å². The van der Waals surface area contributed by atoms with Gasteiger partial charge in [-0.3, -0.25) is 0 Å². The fourth-order valence-electron chi connectivity index (χ4n) is 2.65. The van der Waals surface area contributed by atoms with Gasteiger partial charge in [0.05, 0.1) is 5.69 Å². The van der Waals surface area contributed by atoms with E-state index in [1.165, 1.54) is 16.7 Å². The highest BCUT2D eigenvalue weighted by Gasteiger charge is 2.34. The van der Waals surface area contributed by atoms with E-state index in [4.69, 9.17) is 16.0 Å². The van der Waals surface area contributed by atoms with Gasteiger partial charge in [-0.05, 0) is 43.0 Å². The molecule has 0 saturated heterocycles. The summed E-state index contributed by atoms with van der Waals surface area (Å²) in [5.41, 5.74) is 0.271. The number of hydrogen-bond acceptors (Lipinski definition) is 4. The summed E-state index contributed by atoms with van der Waals surface area (Å²) in [6, 6.07) is 2.18. The largest absolute Gasteiger partial charge is 0.480 e. The molecule has 0 aliphatic carbocycles. The molecule has 0 saturated carbocycles. The highest BCUT2D eigenvalue weighted by Crippen LogP contribution is 2.35. The van der Waals surface area contributed by atoms with Gasteiger partial charge in [-0.15, -0.1) is 0 Å². The van der Waals surface area contributed by atoms with Gasteiger partial charge >= 0.3 is 11.9 Å². The Morgan fingerprint density at radius 2 is 2.14 bits per heavy atom. The quantitative estimate of drug-likeness (QED) is 0.902. The number of nitrogens with zero attached hydrogens (tertiary/aromatic N) is 2. The van der Waals surface area contributed by atoms with E-state index in [1.807, 2.05) is 0 Å². The normalized spacial score (nSPS) is 17.5. The third-order valence-corrected chi connectivity index (χ3v) is 3.70. The molecule has 0 bridgehead atoms. The number of carboxylic acid groups (broad SMARTS) is 2. The van der Waals surface area contributed by atoms with Gasteiger partial charge in [0.2, 0.25) is 0 Å². The summed E-state index contributed by atoms with van der Waals surface area (Å²) >= 11 is 5.73. The number of halogens is 1. The SMILES string of the molecule is O=C(O)c1nc(-c2ccc(Cl)o2)n2c1CCCC2C(=O)O. The first-order valence-electron chi connectivity index (χ1n) is 6.32. The van der Waals surface area contributed by atoms with Crippen molar-refractivity contribution in [1.82, 2.24) is 9.55 Å². The monoisotopic (exact) mass is 310 g/mol. The van der Waals surface area contributed by atoms with Gasteiger partial charge < -0.3 is 19.2 Å². The topological polar surface area (TPSA) is 106 Å². The van der Waals surface area contributed by atoms with Gasteiger partial charge in [0.1, 0.15) is 6.04 Å². The van der Waals surface area contributed by atoms with Crippen molar-refractivity contribution >= 4 is 23.5 Å². The zero-order chi connectivity index (χ0) is 15.1. The Bertz CT molecular complexity index is 733. The molecule has 0 spiro atoms. The van der Waals surface area contributed by atoms with Crippen molar-refractivity contribution in [2.45, 2.75) is 25.3 Å². The van der Waals surface area contributed by atoms with Crippen molar-refractivity contribution in [1.29, 1.82) is 0 Å². The first-order valence-corrected chi connectivity index (χ1v) is 6.69. The fourth-order valence-corrected chi connectivity index (χ4v) is 2.79. The number of hydrogen-bond donors (Lipinski definition) is 2. The summed E-state index contributed by atoms with van der Waals surface area (Å²) in [5, 5.41) is 18.7. The van der Waals surface area contributed by atoms with Gasteiger partial charge in [-0.25, -0.2) is 14.6 Å². The van der Waals surface area contributed by atoms with Gasteiger partial charge in [0.25, 0.3) is 0 Å². The lowest BCUT2D eigenvalue weighted by molar-refractivity contribution is -0.141. The maximum Gasteiger partial charge on any atom is 0.356 e. The number of aromatic carboxylic acids is 1.